The molecule has 0 aliphatic carbocycles. The number of nitrogens with one attached hydrogen (secondary N) is 2. The number of halogens is 2. The lowest BCUT2D eigenvalue weighted by Gasteiger charge is -2.07. The van der Waals surface area contributed by atoms with Gasteiger partial charge in [-0.05, 0) is 6.92 Å². The number of hydrogen-bond acceptors (Lipinski definition) is 4. The van der Waals surface area contributed by atoms with Crippen molar-refractivity contribution in [2.45, 2.75) is 13.3 Å². The molecule has 17 heavy (non-hydrogen) atoms. The van der Waals surface area contributed by atoms with Crippen molar-refractivity contribution in [3.8, 4) is 0 Å². The van der Waals surface area contributed by atoms with Crippen molar-refractivity contribution in [3.05, 3.63) is 17.7 Å². The first kappa shape index (κ1) is 13.1. The molecule has 0 bridgehead atoms. The van der Waals surface area contributed by atoms with Crippen LogP contribution in [0.5, 0.6) is 0 Å². The summed E-state index contributed by atoms with van der Waals surface area (Å²) >= 11 is 0. The van der Waals surface area contributed by atoms with Crippen molar-refractivity contribution in [2.24, 2.45) is 0 Å². The second-order valence-electron chi connectivity index (χ2n) is 3.32. The standard InChI is InChI=1S/C10H14F2N4O/c1-2-14-8(17)3-4-15-10-7(12)5-6(11)9(13)16-10/h5H,2-4H2,1H3,(H,14,17)(H3,13,15,16). The predicted octanol–water partition coefficient (Wildman–Crippen LogP) is 0.880. The molecule has 1 amide bonds. The van der Waals surface area contributed by atoms with Gasteiger partial charge < -0.3 is 16.4 Å². The molecule has 0 aliphatic rings. The van der Waals surface area contributed by atoms with E-state index in [9.17, 15) is 13.6 Å². The summed E-state index contributed by atoms with van der Waals surface area (Å²) in [6.07, 6.45) is 0.173. The Kier molecular flexibility index (Phi) is 4.62. The number of amides is 1. The molecule has 0 aromatic carbocycles. The summed E-state index contributed by atoms with van der Waals surface area (Å²) in [5.41, 5.74) is 5.20. The number of nitrogens with zero attached hydrogens (tertiary/aromatic N) is 1. The molecule has 5 nitrogen and oxygen atoms in total. The van der Waals surface area contributed by atoms with E-state index in [2.05, 4.69) is 15.6 Å². The maximum atomic E-state index is 13.2. The fraction of sp³-hybridized carbons (Fsp3) is 0.400. The van der Waals surface area contributed by atoms with Gasteiger partial charge in [0.05, 0.1) is 0 Å². The topological polar surface area (TPSA) is 80.0 Å². The average molecular weight is 244 g/mol. The largest absolute Gasteiger partial charge is 0.381 e. The second-order valence-corrected chi connectivity index (χ2v) is 3.32. The highest BCUT2D eigenvalue weighted by Gasteiger charge is 2.09. The van der Waals surface area contributed by atoms with Crippen LogP contribution in [-0.2, 0) is 4.79 Å². The Balaban J connectivity index is 2.52. The van der Waals surface area contributed by atoms with Gasteiger partial charge in [0.25, 0.3) is 0 Å². The molecular formula is C10H14F2N4O. The highest BCUT2D eigenvalue weighted by molar-refractivity contribution is 5.76. The predicted molar refractivity (Wildman–Crippen MR) is 60.4 cm³/mol. The van der Waals surface area contributed by atoms with Crippen LogP contribution < -0.4 is 16.4 Å². The molecule has 4 N–H and O–H groups in total. The highest BCUT2D eigenvalue weighted by atomic mass is 19.1. The third-order valence-electron chi connectivity index (χ3n) is 1.98. The molecule has 1 heterocycles. The Hall–Kier alpha value is -1.92. The maximum absolute atomic E-state index is 13.2. The van der Waals surface area contributed by atoms with E-state index >= 15 is 0 Å². The average Bonchev–Trinajstić information content (AvgIpc) is 2.26. The second kappa shape index (κ2) is 5.97. The van der Waals surface area contributed by atoms with E-state index in [1.54, 1.807) is 6.92 Å². The van der Waals surface area contributed by atoms with Gasteiger partial charge in [-0.3, -0.25) is 4.79 Å². The maximum Gasteiger partial charge on any atom is 0.221 e. The summed E-state index contributed by atoms with van der Waals surface area (Å²) in [6.45, 7) is 2.53. The van der Waals surface area contributed by atoms with Gasteiger partial charge in [-0.25, -0.2) is 13.8 Å². The molecule has 0 atom stereocenters. The Morgan fingerprint density at radius 3 is 2.82 bits per heavy atom. The third kappa shape index (κ3) is 3.86. The van der Waals surface area contributed by atoms with Gasteiger partial charge in [-0.1, -0.05) is 0 Å². The molecule has 0 unspecified atom stereocenters. The number of hydrogen-bond donors (Lipinski definition) is 3. The molecule has 0 fully saturated rings. The van der Waals surface area contributed by atoms with Crippen LogP contribution in [0.25, 0.3) is 0 Å². The number of anilines is 2. The van der Waals surface area contributed by atoms with E-state index in [0.29, 0.717) is 12.6 Å². The van der Waals surface area contributed by atoms with Crippen LogP contribution >= 0.6 is 0 Å². The van der Waals surface area contributed by atoms with Crippen LogP contribution in [-0.4, -0.2) is 24.0 Å². The van der Waals surface area contributed by atoms with Gasteiger partial charge in [-0.15, -0.1) is 0 Å². The summed E-state index contributed by atoms with van der Waals surface area (Å²) in [5, 5.41) is 5.17. The third-order valence-corrected chi connectivity index (χ3v) is 1.98. The van der Waals surface area contributed by atoms with Gasteiger partial charge in [0, 0.05) is 25.6 Å². The van der Waals surface area contributed by atoms with E-state index in [1.165, 1.54) is 0 Å². The monoisotopic (exact) mass is 244 g/mol. The van der Waals surface area contributed by atoms with E-state index < -0.39 is 11.6 Å². The molecule has 0 radical (unpaired) electrons. The van der Waals surface area contributed by atoms with Crippen LogP contribution in [0.1, 0.15) is 13.3 Å². The van der Waals surface area contributed by atoms with Crippen molar-refractivity contribution in [2.75, 3.05) is 24.1 Å². The molecule has 94 valence electrons. The summed E-state index contributed by atoms with van der Waals surface area (Å²) < 4.78 is 26.0. The zero-order chi connectivity index (χ0) is 12.8. The minimum atomic E-state index is -0.906. The first-order valence-electron chi connectivity index (χ1n) is 5.16. The Labute approximate surface area is 97.4 Å². The lowest BCUT2D eigenvalue weighted by atomic mass is 10.3. The van der Waals surface area contributed by atoms with Crippen molar-refractivity contribution in [1.29, 1.82) is 0 Å². The van der Waals surface area contributed by atoms with Crippen LogP contribution in [0.15, 0.2) is 6.07 Å². The number of carbonyl (C=O) groups is 1. The first-order chi connectivity index (χ1) is 8.04. The van der Waals surface area contributed by atoms with Gasteiger partial charge in [0.2, 0.25) is 5.91 Å². The van der Waals surface area contributed by atoms with Gasteiger partial charge in [0.1, 0.15) is 0 Å². The number of nitrogens with two attached hydrogens (primary N) is 1. The molecule has 1 aromatic heterocycles. The molecule has 0 saturated heterocycles. The SMILES string of the molecule is CCNC(=O)CCNc1nc(N)c(F)cc1F. The molecule has 1 rings (SSSR count). The normalized spacial score (nSPS) is 10.1. The molecule has 0 saturated carbocycles. The number of nitrogen functional groups attached to an aromatic ring is 1. The van der Waals surface area contributed by atoms with Gasteiger partial charge in [0.15, 0.2) is 23.3 Å². The van der Waals surface area contributed by atoms with E-state index in [4.69, 9.17) is 5.73 Å². The number of pyridine rings is 1. The van der Waals surface area contributed by atoms with Gasteiger partial charge in [-0.2, -0.15) is 0 Å². The number of carbonyl (C=O) groups excluding carboxylic acids is 1. The first-order valence-corrected chi connectivity index (χ1v) is 5.16. The summed E-state index contributed by atoms with van der Waals surface area (Å²) in [5.74, 6) is -2.44. The number of rotatable bonds is 5. The van der Waals surface area contributed by atoms with Crippen LogP contribution in [0, 0.1) is 11.6 Å². The molecule has 0 spiro atoms. The van der Waals surface area contributed by atoms with E-state index in [-0.39, 0.29) is 30.5 Å². The zero-order valence-corrected chi connectivity index (χ0v) is 9.39. The van der Waals surface area contributed by atoms with Crippen molar-refractivity contribution < 1.29 is 13.6 Å². The number of aromatic nitrogens is 1. The van der Waals surface area contributed by atoms with Crippen LogP contribution in [0.4, 0.5) is 20.4 Å². The fourth-order valence-electron chi connectivity index (χ4n) is 1.18. The van der Waals surface area contributed by atoms with Gasteiger partial charge >= 0.3 is 0 Å². The minimum Gasteiger partial charge on any atom is -0.381 e. The van der Waals surface area contributed by atoms with Crippen molar-refractivity contribution in [1.82, 2.24) is 10.3 Å². The summed E-state index contributed by atoms with van der Waals surface area (Å²) in [7, 11) is 0. The molecule has 7 heteroatoms. The Morgan fingerprint density at radius 2 is 2.18 bits per heavy atom. The fourth-order valence-corrected chi connectivity index (χ4v) is 1.18. The zero-order valence-electron chi connectivity index (χ0n) is 9.39. The summed E-state index contributed by atoms with van der Waals surface area (Å²) in [6, 6.07) is 0.650. The van der Waals surface area contributed by atoms with E-state index in [0.717, 1.165) is 0 Å². The van der Waals surface area contributed by atoms with Crippen molar-refractivity contribution >= 4 is 17.5 Å². The quantitative estimate of drug-likeness (QED) is 0.718. The molecular weight excluding hydrogens is 230 g/mol. The van der Waals surface area contributed by atoms with Crippen LogP contribution in [0.3, 0.4) is 0 Å². The molecule has 0 aliphatic heterocycles. The van der Waals surface area contributed by atoms with Crippen LogP contribution in [0.2, 0.25) is 0 Å². The lowest BCUT2D eigenvalue weighted by Crippen LogP contribution is -2.25. The summed E-state index contributed by atoms with van der Waals surface area (Å²) in [4.78, 5) is 14.6. The smallest absolute Gasteiger partial charge is 0.221 e. The Bertz CT molecular complexity index is 412. The highest BCUT2D eigenvalue weighted by Crippen LogP contribution is 2.16. The lowest BCUT2D eigenvalue weighted by molar-refractivity contribution is -0.120. The van der Waals surface area contributed by atoms with Crippen molar-refractivity contribution in [3.63, 3.8) is 0 Å². The minimum absolute atomic E-state index is 0.157. The molecule has 1 aromatic rings. The van der Waals surface area contributed by atoms with E-state index in [1.807, 2.05) is 0 Å². The Morgan fingerprint density at radius 1 is 1.47 bits per heavy atom.